The number of nitrogens with one attached hydrogen (secondary N) is 1. The second-order valence-corrected chi connectivity index (χ2v) is 4.32. The van der Waals surface area contributed by atoms with E-state index in [1.165, 1.54) is 0 Å². The summed E-state index contributed by atoms with van der Waals surface area (Å²) in [6.45, 7) is 2.89. The van der Waals surface area contributed by atoms with Crippen molar-refractivity contribution in [3.8, 4) is 0 Å². The summed E-state index contributed by atoms with van der Waals surface area (Å²) in [6, 6.07) is 3.99. The zero-order chi connectivity index (χ0) is 10.4. The normalized spacial score (nSPS) is 11.2. The zero-order valence-electron chi connectivity index (χ0n) is 9.56. The van der Waals surface area contributed by atoms with Gasteiger partial charge in [0.05, 0.1) is 5.25 Å². The van der Waals surface area contributed by atoms with Gasteiger partial charge < -0.3 is 15.5 Å². The molecule has 0 saturated carbocycles. The van der Waals surface area contributed by atoms with E-state index in [0.717, 1.165) is 30.4 Å². The third kappa shape index (κ3) is 5.34. The average Bonchev–Trinajstić information content (AvgIpc) is 2.68. The highest BCUT2D eigenvalue weighted by molar-refractivity contribution is 7.99. The summed E-state index contributed by atoms with van der Waals surface area (Å²) >= 11 is 1.85. The van der Waals surface area contributed by atoms with Crippen LogP contribution in [0.1, 0.15) is 24.4 Å². The van der Waals surface area contributed by atoms with Crippen LogP contribution in [0.25, 0.3) is 0 Å². The van der Waals surface area contributed by atoms with Crippen molar-refractivity contribution in [2.24, 2.45) is 5.73 Å². The van der Waals surface area contributed by atoms with Crippen molar-refractivity contribution in [1.82, 2.24) is 0 Å². The smallest absolute Gasteiger partial charge is 0.192 e. The number of hydrogen-bond acceptors (Lipinski definition) is 4. The minimum atomic E-state index is 0. The highest BCUT2D eigenvalue weighted by Gasteiger charge is 2.13. The molecule has 0 radical (unpaired) electrons. The second-order valence-electron chi connectivity index (χ2n) is 3.01. The second kappa shape index (κ2) is 10.1. The van der Waals surface area contributed by atoms with Crippen molar-refractivity contribution in [3.05, 3.63) is 17.9 Å². The molecule has 96 valence electrons. The molecule has 0 aromatic carbocycles. The maximum Gasteiger partial charge on any atom is 0.192 e. The molecule has 0 amide bonds. The molecule has 0 aliphatic carbocycles. The van der Waals surface area contributed by atoms with Crippen LogP contribution < -0.4 is 11.1 Å². The third-order valence-corrected chi connectivity index (χ3v) is 3.44. The summed E-state index contributed by atoms with van der Waals surface area (Å²) in [5.41, 5.74) is 5.48. The van der Waals surface area contributed by atoms with E-state index >= 15 is 0 Å². The number of hydrogen-bond donors (Lipinski definition) is 2. The molecule has 1 aromatic heterocycles. The molecule has 6 heteroatoms. The van der Waals surface area contributed by atoms with Crippen molar-refractivity contribution in [2.75, 3.05) is 24.7 Å². The maximum absolute atomic E-state index is 5.61. The van der Waals surface area contributed by atoms with Gasteiger partial charge in [-0.25, -0.2) is 0 Å². The van der Waals surface area contributed by atoms with Gasteiger partial charge in [0.25, 0.3) is 0 Å². The van der Waals surface area contributed by atoms with E-state index in [9.17, 15) is 0 Å². The van der Waals surface area contributed by atoms with Gasteiger partial charge >= 0.3 is 0 Å². The van der Waals surface area contributed by atoms with Crippen LogP contribution in [-0.2, 0) is 0 Å². The first-order chi connectivity index (χ1) is 6.81. The Hall–Kier alpha value is -0.0300. The molecule has 0 spiro atoms. The first kappa shape index (κ1) is 18.3. The van der Waals surface area contributed by atoms with Crippen molar-refractivity contribution >= 4 is 42.5 Å². The van der Waals surface area contributed by atoms with Crippen LogP contribution in [0.15, 0.2) is 16.5 Å². The molecule has 0 saturated heterocycles. The SMILES string of the molecule is CCC(SCCN)c1ccc(NC)o1.Cl.Cl. The van der Waals surface area contributed by atoms with Crippen LogP contribution >= 0.6 is 36.6 Å². The molecule has 3 N–H and O–H groups in total. The first-order valence-corrected chi connectivity index (χ1v) is 5.95. The molecule has 1 rings (SSSR count). The van der Waals surface area contributed by atoms with Crippen molar-refractivity contribution in [2.45, 2.75) is 18.6 Å². The molecule has 0 bridgehead atoms. The van der Waals surface area contributed by atoms with E-state index in [-0.39, 0.29) is 24.8 Å². The molecular weight excluding hydrogens is 267 g/mol. The minimum absolute atomic E-state index is 0. The number of furan rings is 1. The summed E-state index contributed by atoms with van der Waals surface area (Å²) in [5, 5.41) is 3.41. The van der Waals surface area contributed by atoms with E-state index in [1.54, 1.807) is 0 Å². The Labute approximate surface area is 114 Å². The molecule has 0 fully saturated rings. The lowest BCUT2D eigenvalue weighted by Crippen LogP contribution is -2.03. The van der Waals surface area contributed by atoms with E-state index in [2.05, 4.69) is 12.2 Å². The van der Waals surface area contributed by atoms with Crippen molar-refractivity contribution in [3.63, 3.8) is 0 Å². The number of halogens is 2. The predicted molar refractivity (Wildman–Crippen MR) is 77.3 cm³/mol. The van der Waals surface area contributed by atoms with Crippen molar-refractivity contribution < 1.29 is 4.42 Å². The molecular formula is C10H20Cl2N2OS. The third-order valence-electron chi connectivity index (χ3n) is 2.00. The monoisotopic (exact) mass is 286 g/mol. The van der Waals surface area contributed by atoms with Crippen LogP contribution in [0.5, 0.6) is 0 Å². The zero-order valence-corrected chi connectivity index (χ0v) is 12.0. The Morgan fingerprint density at radius 2 is 2.12 bits per heavy atom. The lowest BCUT2D eigenvalue weighted by molar-refractivity contribution is 0.516. The summed E-state index contributed by atoms with van der Waals surface area (Å²) in [7, 11) is 1.86. The van der Waals surface area contributed by atoms with Crippen LogP contribution in [0.2, 0.25) is 0 Å². The van der Waals surface area contributed by atoms with Crippen LogP contribution in [0.4, 0.5) is 5.88 Å². The average molecular weight is 287 g/mol. The minimum Gasteiger partial charge on any atom is -0.445 e. The molecule has 1 heterocycles. The fourth-order valence-electron chi connectivity index (χ4n) is 1.27. The van der Waals surface area contributed by atoms with Gasteiger partial charge in [-0.15, -0.1) is 36.6 Å². The fourth-order valence-corrected chi connectivity index (χ4v) is 2.22. The van der Waals surface area contributed by atoms with Gasteiger partial charge in [0.15, 0.2) is 5.88 Å². The molecule has 0 aliphatic rings. The van der Waals surface area contributed by atoms with Gasteiger partial charge in [-0.3, -0.25) is 0 Å². The van der Waals surface area contributed by atoms with Gasteiger partial charge in [0, 0.05) is 25.4 Å². The largest absolute Gasteiger partial charge is 0.445 e. The van der Waals surface area contributed by atoms with E-state index in [0.29, 0.717) is 5.25 Å². The number of anilines is 1. The first-order valence-electron chi connectivity index (χ1n) is 4.91. The Morgan fingerprint density at radius 3 is 2.56 bits per heavy atom. The van der Waals surface area contributed by atoms with Gasteiger partial charge in [0.2, 0.25) is 0 Å². The van der Waals surface area contributed by atoms with Crippen LogP contribution in [-0.4, -0.2) is 19.3 Å². The fraction of sp³-hybridized carbons (Fsp3) is 0.600. The van der Waals surface area contributed by atoms with Crippen LogP contribution in [0, 0.1) is 0 Å². The highest BCUT2D eigenvalue weighted by atomic mass is 35.5. The van der Waals surface area contributed by atoms with Gasteiger partial charge in [0.1, 0.15) is 5.76 Å². The van der Waals surface area contributed by atoms with Gasteiger partial charge in [-0.1, -0.05) is 6.92 Å². The Bertz CT molecular complexity index is 271. The molecule has 3 nitrogen and oxygen atoms in total. The van der Waals surface area contributed by atoms with Gasteiger partial charge in [-0.05, 0) is 12.5 Å². The number of thioether (sulfide) groups is 1. The summed E-state index contributed by atoms with van der Waals surface area (Å²) < 4.78 is 5.61. The lowest BCUT2D eigenvalue weighted by Gasteiger charge is -2.10. The maximum atomic E-state index is 5.61. The van der Waals surface area contributed by atoms with E-state index in [1.807, 2.05) is 30.9 Å². The molecule has 1 aromatic rings. The Balaban J connectivity index is 0. The van der Waals surface area contributed by atoms with Gasteiger partial charge in [-0.2, -0.15) is 0 Å². The topological polar surface area (TPSA) is 51.2 Å². The highest BCUT2D eigenvalue weighted by Crippen LogP contribution is 2.33. The lowest BCUT2D eigenvalue weighted by atomic mass is 10.3. The molecule has 16 heavy (non-hydrogen) atoms. The summed E-state index contributed by atoms with van der Waals surface area (Å²) in [5.74, 6) is 2.84. The molecule has 1 unspecified atom stereocenters. The number of rotatable bonds is 6. The summed E-state index contributed by atoms with van der Waals surface area (Å²) in [6.07, 6.45) is 1.07. The summed E-state index contributed by atoms with van der Waals surface area (Å²) in [4.78, 5) is 0. The predicted octanol–water partition coefficient (Wildman–Crippen LogP) is 3.31. The molecule has 0 aliphatic heterocycles. The standard InChI is InChI=1S/C10H18N2OS.2ClH/c1-3-9(14-7-6-11)8-4-5-10(12-2)13-8;;/h4-5,9,12H,3,6-7,11H2,1-2H3;2*1H. The van der Waals surface area contributed by atoms with E-state index < -0.39 is 0 Å². The number of nitrogens with two attached hydrogens (primary N) is 1. The Kier molecular flexibility index (Phi) is 11.6. The van der Waals surface area contributed by atoms with Crippen LogP contribution in [0.3, 0.4) is 0 Å². The Morgan fingerprint density at radius 1 is 1.44 bits per heavy atom. The van der Waals surface area contributed by atoms with Crippen molar-refractivity contribution in [1.29, 1.82) is 0 Å². The molecule has 1 atom stereocenters. The quantitative estimate of drug-likeness (QED) is 0.843. The van der Waals surface area contributed by atoms with E-state index in [4.69, 9.17) is 10.2 Å².